The summed E-state index contributed by atoms with van der Waals surface area (Å²) in [5.74, 6) is 1.36. The average Bonchev–Trinajstić information content (AvgIpc) is 3.24. The van der Waals surface area contributed by atoms with E-state index in [4.69, 9.17) is 13.9 Å². The number of carbonyl (C=O) groups is 1. The van der Waals surface area contributed by atoms with Crippen molar-refractivity contribution in [2.24, 2.45) is 0 Å². The number of fused-ring (bicyclic) bond motifs is 1. The molecule has 5 nitrogen and oxygen atoms in total. The van der Waals surface area contributed by atoms with E-state index in [1.165, 1.54) is 5.56 Å². The summed E-state index contributed by atoms with van der Waals surface area (Å²) >= 11 is 0. The second-order valence-electron chi connectivity index (χ2n) is 8.94. The van der Waals surface area contributed by atoms with Crippen LogP contribution in [0, 0.1) is 0 Å². The zero-order chi connectivity index (χ0) is 24.8. The van der Waals surface area contributed by atoms with E-state index in [0.717, 1.165) is 51.9 Å². The lowest BCUT2D eigenvalue weighted by Crippen LogP contribution is -2.09. The van der Waals surface area contributed by atoms with Crippen LogP contribution in [0.1, 0.15) is 36.3 Å². The number of nitrogens with zero attached hydrogens (tertiary/aromatic N) is 1. The highest BCUT2D eigenvalue weighted by atomic mass is 16.5. The van der Waals surface area contributed by atoms with Crippen LogP contribution in [-0.2, 0) is 35.5 Å². The topological polar surface area (TPSA) is 51.9 Å². The smallest absolute Gasteiger partial charge is 0.310 e. The normalized spacial score (nSPS) is 11.2. The molecule has 1 aromatic heterocycles. The molecule has 4 aromatic rings. The van der Waals surface area contributed by atoms with Gasteiger partial charge in [0.25, 0.3) is 0 Å². The van der Waals surface area contributed by atoms with E-state index < -0.39 is 0 Å². The lowest BCUT2D eigenvalue weighted by atomic mass is 9.98. The minimum atomic E-state index is -0.255. The Bertz CT molecular complexity index is 1300. The third kappa shape index (κ3) is 6.11. The summed E-state index contributed by atoms with van der Waals surface area (Å²) in [6.45, 7) is 5.45. The molecule has 5 heteroatoms. The fourth-order valence-electron chi connectivity index (χ4n) is 4.23. The molecule has 35 heavy (non-hydrogen) atoms. The van der Waals surface area contributed by atoms with Gasteiger partial charge >= 0.3 is 5.97 Å². The lowest BCUT2D eigenvalue weighted by Gasteiger charge is -2.13. The Hall–Kier alpha value is -3.57. The maximum absolute atomic E-state index is 12.0. The molecule has 0 fully saturated rings. The van der Waals surface area contributed by atoms with Gasteiger partial charge in [0, 0.05) is 16.5 Å². The van der Waals surface area contributed by atoms with Crippen molar-refractivity contribution < 1.29 is 18.7 Å². The van der Waals surface area contributed by atoms with Gasteiger partial charge in [-0.15, -0.1) is 0 Å². The first-order valence-electron chi connectivity index (χ1n) is 12.1. The van der Waals surface area contributed by atoms with E-state index >= 15 is 0 Å². The highest BCUT2D eigenvalue weighted by Crippen LogP contribution is 2.34. The summed E-state index contributed by atoms with van der Waals surface area (Å²) in [7, 11) is 4.07. The van der Waals surface area contributed by atoms with Crippen LogP contribution < -0.4 is 4.74 Å². The van der Waals surface area contributed by atoms with E-state index in [1.807, 2.05) is 45.3 Å². The zero-order valence-corrected chi connectivity index (χ0v) is 21.0. The molecule has 4 rings (SSSR count). The van der Waals surface area contributed by atoms with Gasteiger partial charge in [-0.2, -0.15) is 0 Å². The van der Waals surface area contributed by atoms with Crippen molar-refractivity contribution in [1.82, 2.24) is 4.90 Å². The average molecular weight is 472 g/mol. The van der Waals surface area contributed by atoms with Gasteiger partial charge in [-0.1, -0.05) is 49.4 Å². The second-order valence-corrected chi connectivity index (χ2v) is 8.94. The number of para-hydroxylation sites is 1. The number of hydrogen-bond donors (Lipinski definition) is 0. The molecular formula is C30H33NO4. The molecular weight excluding hydrogens is 438 g/mol. The molecule has 0 aliphatic heterocycles. The van der Waals surface area contributed by atoms with Crippen molar-refractivity contribution >= 4 is 16.9 Å². The molecule has 0 saturated carbocycles. The van der Waals surface area contributed by atoms with Crippen molar-refractivity contribution in [3.8, 4) is 16.9 Å². The Balaban J connectivity index is 1.68. The predicted molar refractivity (Wildman–Crippen MR) is 140 cm³/mol. The molecule has 0 radical (unpaired) electrons. The molecule has 0 aliphatic carbocycles. The molecule has 0 atom stereocenters. The van der Waals surface area contributed by atoms with Gasteiger partial charge in [0.05, 0.1) is 19.6 Å². The van der Waals surface area contributed by atoms with Crippen LogP contribution in [0.15, 0.2) is 71.1 Å². The van der Waals surface area contributed by atoms with Crippen LogP contribution in [0.5, 0.6) is 5.75 Å². The number of hydrogen-bond acceptors (Lipinski definition) is 5. The van der Waals surface area contributed by atoms with Crippen molar-refractivity contribution in [3.05, 3.63) is 89.2 Å². The lowest BCUT2D eigenvalue weighted by molar-refractivity contribution is -0.142. The monoisotopic (exact) mass is 471 g/mol. The summed E-state index contributed by atoms with van der Waals surface area (Å²) in [6.07, 6.45) is 1.16. The van der Waals surface area contributed by atoms with Gasteiger partial charge in [-0.25, -0.2) is 0 Å². The number of benzene rings is 3. The molecule has 0 unspecified atom stereocenters. The van der Waals surface area contributed by atoms with Crippen molar-refractivity contribution in [3.63, 3.8) is 0 Å². The van der Waals surface area contributed by atoms with Gasteiger partial charge in [-0.05, 0) is 68.4 Å². The van der Waals surface area contributed by atoms with Gasteiger partial charge < -0.3 is 18.8 Å². The summed E-state index contributed by atoms with van der Waals surface area (Å²) in [5, 5.41) is 1.06. The highest BCUT2D eigenvalue weighted by Gasteiger charge is 2.15. The molecule has 0 spiro atoms. The van der Waals surface area contributed by atoms with Gasteiger partial charge in [0.2, 0.25) is 0 Å². The molecule has 3 aromatic carbocycles. The first kappa shape index (κ1) is 24.6. The van der Waals surface area contributed by atoms with Crippen LogP contribution >= 0.6 is 0 Å². The zero-order valence-electron chi connectivity index (χ0n) is 21.0. The van der Waals surface area contributed by atoms with Crippen molar-refractivity contribution in [1.29, 1.82) is 0 Å². The van der Waals surface area contributed by atoms with Crippen molar-refractivity contribution in [2.45, 2.75) is 39.8 Å². The Kier molecular flexibility index (Phi) is 7.88. The Morgan fingerprint density at radius 1 is 0.943 bits per heavy atom. The fraction of sp³-hybridized carbons (Fsp3) is 0.300. The Morgan fingerprint density at radius 3 is 2.54 bits per heavy atom. The summed E-state index contributed by atoms with van der Waals surface area (Å²) in [5.41, 5.74) is 6.22. The largest absolute Gasteiger partial charge is 0.489 e. The predicted octanol–water partition coefficient (Wildman–Crippen LogP) is 6.41. The summed E-state index contributed by atoms with van der Waals surface area (Å²) in [6, 6.07) is 22.6. The number of furan rings is 1. The molecule has 0 amide bonds. The minimum Gasteiger partial charge on any atom is -0.489 e. The number of aryl methyl sites for hydroxylation is 1. The number of rotatable bonds is 10. The standard InChI is InChI=1S/C30H33NO4/c1-5-21-10-9-12-23(14-21)27-16-22(15-25-17-26(19-31(3)4)35-30(25)27)20-34-28-13-8-7-11-24(28)18-29(32)33-6-2/h7-17H,5-6,18-20H2,1-4H3. The van der Waals surface area contributed by atoms with Crippen LogP contribution in [0.4, 0.5) is 0 Å². The van der Waals surface area contributed by atoms with Crippen LogP contribution in [-0.4, -0.2) is 31.6 Å². The van der Waals surface area contributed by atoms with Crippen LogP contribution in [0.2, 0.25) is 0 Å². The maximum Gasteiger partial charge on any atom is 0.310 e. The first-order valence-corrected chi connectivity index (χ1v) is 12.1. The summed E-state index contributed by atoms with van der Waals surface area (Å²) < 4.78 is 17.6. The maximum atomic E-state index is 12.0. The summed E-state index contributed by atoms with van der Waals surface area (Å²) in [4.78, 5) is 14.1. The van der Waals surface area contributed by atoms with E-state index in [1.54, 1.807) is 0 Å². The molecule has 1 heterocycles. The number of ether oxygens (including phenoxy) is 2. The van der Waals surface area contributed by atoms with Crippen LogP contribution in [0.25, 0.3) is 22.1 Å². The van der Waals surface area contributed by atoms with Gasteiger partial charge in [0.1, 0.15) is 23.7 Å². The number of carbonyl (C=O) groups excluding carboxylic acids is 1. The fourth-order valence-corrected chi connectivity index (χ4v) is 4.23. The van der Waals surface area contributed by atoms with Crippen LogP contribution in [0.3, 0.4) is 0 Å². The SMILES string of the molecule is CCOC(=O)Cc1ccccc1OCc1cc(-c2cccc(CC)c2)c2oc(CN(C)C)cc2c1. The molecule has 0 saturated heterocycles. The second kappa shape index (κ2) is 11.2. The van der Waals surface area contributed by atoms with E-state index in [2.05, 4.69) is 54.3 Å². The van der Waals surface area contributed by atoms with Gasteiger partial charge in [-0.3, -0.25) is 4.79 Å². The Labute approximate surface area is 207 Å². The third-order valence-corrected chi connectivity index (χ3v) is 5.85. The highest BCUT2D eigenvalue weighted by molar-refractivity contribution is 5.93. The van der Waals surface area contributed by atoms with E-state index in [-0.39, 0.29) is 12.4 Å². The van der Waals surface area contributed by atoms with E-state index in [0.29, 0.717) is 19.0 Å². The third-order valence-electron chi connectivity index (χ3n) is 5.85. The van der Waals surface area contributed by atoms with E-state index in [9.17, 15) is 4.79 Å². The molecule has 0 aliphatic rings. The van der Waals surface area contributed by atoms with Crippen molar-refractivity contribution in [2.75, 3.05) is 20.7 Å². The molecule has 182 valence electrons. The Morgan fingerprint density at radius 2 is 1.77 bits per heavy atom. The quantitative estimate of drug-likeness (QED) is 0.250. The first-order chi connectivity index (χ1) is 17.0. The minimum absolute atomic E-state index is 0.188. The van der Waals surface area contributed by atoms with Gasteiger partial charge in [0.15, 0.2) is 0 Å². The number of esters is 1. The molecule has 0 N–H and O–H groups in total. The molecule has 0 bridgehead atoms.